The molecule has 1 aromatic heterocycles. The molecular weight excluding hydrogens is 271 g/mol. The number of hydrogen-bond donors (Lipinski definition) is 3. The van der Waals surface area contributed by atoms with Crippen LogP contribution in [0.25, 0.3) is 0 Å². The van der Waals surface area contributed by atoms with Crippen LogP contribution in [-0.2, 0) is 0 Å². The number of nitrogens with zero attached hydrogens (tertiary/aromatic N) is 2. The first-order chi connectivity index (χ1) is 8.99. The number of anilines is 1. The second-order valence-electron chi connectivity index (χ2n) is 3.81. The molecule has 0 bridgehead atoms. The first-order valence-corrected chi connectivity index (χ1v) is 6.18. The minimum absolute atomic E-state index is 0.282. The molecule has 1 unspecified atom stereocenters. The molecule has 8 heteroatoms. The second kappa shape index (κ2) is 5.19. The molecule has 1 aromatic carbocycles. The lowest BCUT2D eigenvalue weighted by Gasteiger charge is -2.11. The number of benzene rings is 1. The molecule has 0 spiro atoms. The van der Waals surface area contributed by atoms with Gasteiger partial charge >= 0.3 is 0 Å². The SMILES string of the molecule is CC(NC(=O)c1c(O)cccc1F)c1nnc(N)s1. The molecule has 2 rings (SSSR count). The molecule has 0 aliphatic heterocycles. The molecule has 4 N–H and O–H groups in total. The molecule has 100 valence electrons. The summed E-state index contributed by atoms with van der Waals surface area (Å²) in [6, 6.07) is 3.17. The maximum atomic E-state index is 13.5. The number of phenolic OH excluding ortho intramolecular Hbond substituents is 1. The first-order valence-electron chi connectivity index (χ1n) is 5.36. The van der Waals surface area contributed by atoms with Crippen LogP contribution in [0.5, 0.6) is 5.75 Å². The van der Waals surface area contributed by atoms with Gasteiger partial charge in [-0.25, -0.2) is 4.39 Å². The fraction of sp³-hybridized carbons (Fsp3) is 0.182. The quantitative estimate of drug-likeness (QED) is 0.791. The fourth-order valence-corrected chi connectivity index (χ4v) is 2.10. The highest BCUT2D eigenvalue weighted by molar-refractivity contribution is 7.15. The number of carbonyl (C=O) groups is 1. The molecule has 0 aliphatic rings. The van der Waals surface area contributed by atoms with Crippen molar-refractivity contribution in [3.05, 3.63) is 34.6 Å². The van der Waals surface area contributed by atoms with E-state index >= 15 is 0 Å². The number of nitrogens with two attached hydrogens (primary N) is 1. The van der Waals surface area contributed by atoms with Crippen molar-refractivity contribution in [2.45, 2.75) is 13.0 Å². The largest absolute Gasteiger partial charge is 0.507 e. The topological polar surface area (TPSA) is 101 Å². The van der Waals surface area contributed by atoms with Gasteiger partial charge in [0.25, 0.3) is 5.91 Å². The standard InChI is InChI=1S/C11H11FN4O2S/c1-5(10-15-16-11(13)19-10)14-9(18)8-6(12)3-2-4-7(8)17/h2-5,17H,1H3,(H2,13,16)(H,14,18). The maximum Gasteiger partial charge on any atom is 0.258 e. The zero-order chi connectivity index (χ0) is 14.0. The van der Waals surface area contributed by atoms with Gasteiger partial charge < -0.3 is 16.2 Å². The summed E-state index contributed by atoms with van der Waals surface area (Å²) in [5, 5.41) is 20.2. The van der Waals surface area contributed by atoms with Crippen molar-refractivity contribution in [3.8, 4) is 5.75 Å². The summed E-state index contributed by atoms with van der Waals surface area (Å²) in [4.78, 5) is 11.9. The molecule has 0 saturated heterocycles. The van der Waals surface area contributed by atoms with Gasteiger partial charge in [-0.2, -0.15) is 0 Å². The third-order valence-corrected chi connectivity index (χ3v) is 3.33. The third-order valence-electron chi connectivity index (χ3n) is 2.39. The summed E-state index contributed by atoms with van der Waals surface area (Å²) < 4.78 is 13.5. The fourth-order valence-electron chi connectivity index (χ4n) is 1.49. The summed E-state index contributed by atoms with van der Waals surface area (Å²) in [5.41, 5.74) is 5.04. The minimum atomic E-state index is -0.790. The van der Waals surface area contributed by atoms with E-state index in [2.05, 4.69) is 15.5 Å². The lowest BCUT2D eigenvalue weighted by Crippen LogP contribution is -2.27. The summed E-state index contributed by atoms with van der Waals surface area (Å²) in [6.45, 7) is 1.66. The van der Waals surface area contributed by atoms with E-state index in [1.807, 2.05) is 0 Å². The number of nitrogens with one attached hydrogen (secondary N) is 1. The third kappa shape index (κ3) is 2.79. The number of hydrogen-bond acceptors (Lipinski definition) is 6. The highest BCUT2D eigenvalue weighted by Gasteiger charge is 2.20. The van der Waals surface area contributed by atoms with Gasteiger partial charge in [-0.05, 0) is 19.1 Å². The smallest absolute Gasteiger partial charge is 0.258 e. The number of aromatic hydroxyl groups is 1. The molecule has 1 amide bonds. The van der Waals surface area contributed by atoms with Gasteiger partial charge in [-0.1, -0.05) is 17.4 Å². The zero-order valence-electron chi connectivity index (χ0n) is 9.92. The number of rotatable bonds is 3. The number of amides is 1. The molecule has 0 saturated carbocycles. The zero-order valence-corrected chi connectivity index (χ0v) is 10.7. The van der Waals surface area contributed by atoms with Gasteiger partial charge in [0.05, 0.1) is 6.04 Å². The summed E-state index contributed by atoms with van der Waals surface area (Å²) in [5.74, 6) is -1.93. The van der Waals surface area contributed by atoms with Gasteiger partial charge in [0.1, 0.15) is 22.1 Å². The lowest BCUT2D eigenvalue weighted by atomic mass is 10.1. The van der Waals surface area contributed by atoms with E-state index in [-0.39, 0.29) is 5.13 Å². The molecule has 6 nitrogen and oxygen atoms in total. The highest BCUT2D eigenvalue weighted by atomic mass is 32.1. The van der Waals surface area contributed by atoms with Crippen LogP contribution in [0, 0.1) is 5.82 Å². The molecule has 1 heterocycles. The molecule has 19 heavy (non-hydrogen) atoms. The van der Waals surface area contributed by atoms with Crippen molar-refractivity contribution < 1.29 is 14.3 Å². The Labute approximate surface area is 112 Å². The van der Waals surface area contributed by atoms with Gasteiger partial charge in [-0.3, -0.25) is 4.79 Å². The van der Waals surface area contributed by atoms with Crippen molar-refractivity contribution in [2.24, 2.45) is 0 Å². The highest BCUT2D eigenvalue weighted by Crippen LogP contribution is 2.23. The van der Waals surface area contributed by atoms with Crippen LogP contribution >= 0.6 is 11.3 Å². The molecule has 2 aromatic rings. The summed E-state index contributed by atoms with van der Waals surface area (Å²) >= 11 is 1.13. The molecule has 1 atom stereocenters. The predicted octanol–water partition coefficient (Wildman–Crippen LogP) is 1.46. The predicted molar refractivity (Wildman–Crippen MR) is 68.3 cm³/mol. The number of nitrogen functional groups attached to an aromatic ring is 1. The Morgan fingerprint density at radius 3 is 2.84 bits per heavy atom. The van der Waals surface area contributed by atoms with Crippen LogP contribution in [0.4, 0.5) is 9.52 Å². The lowest BCUT2D eigenvalue weighted by molar-refractivity contribution is 0.0932. The number of halogens is 1. The van der Waals surface area contributed by atoms with Crippen molar-refractivity contribution in [1.82, 2.24) is 15.5 Å². The van der Waals surface area contributed by atoms with Gasteiger partial charge in [0.2, 0.25) is 5.13 Å². The van der Waals surface area contributed by atoms with Crippen LogP contribution in [0.1, 0.15) is 28.3 Å². The van der Waals surface area contributed by atoms with E-state index in [0.717, 1.165) is 17.4 Å². The van der Waals surface area contributed by atoms with Gasteiger partial charge in [-0.15, -0.1) is 10.2 Å². The van der Waals surface area contributed by atoms with Gasteiger partial charge in [0, 0.05) is 0 Å². The average Bonchev–Trinajstić information content (AvgIpc) is 2.75. The van der Waals surface area contributed by atoms with Crippen molar-refractivity contribution in [1.29, 1.82) is 0 Å². The Kier molecular flexibility index (Phi) is 3.61. The van der Waals surface area contributed by atoms with E-state index < -0.39 is 29.1 Å². The van der Waals surface area contributed by atoms with Crippen LogP contribution in [-0.4, -0.2) is 21.2 Å². The van der Waals surface area contributed by atoms with E-state index in [1.54, 1.807) is 6.92 Å². The first kappa shape index (κ1) is 13.2. The van der Waals surface area contributed by atoms with E-state index in [1.165, 1.54) is 12.1 Å². The number of aromatic nitrogens is 2. The number of phenols is 1. The van der Waals surface area contributed by atoms with Crippen LogP contribution < -0.4 is 11.1 Å². The van der Waals surface area contributed by atoms with E-state index in [0.29, 0.717) is 5.01 Å². The van der Waals surface area contributed by atoms with E-state index in [4.69, 9.17) is 5.73 Å². The van der Waals surface area contributed by atoms with Crippen molar-refractivity contribution in [2.75, 3.05) is 5.73 Å². The minimum Gasteiger partial charge on any atom is -0.507 e. The Morgan fingerprint density at radius 2 is 2.26 bits per heavy atom. The normalized spacial score (nSPS) is 12.1. The van der Waals surface area contributed by atoms with Gasteiger partial charge in [0.15, 0.2) is 0 Å². The van der Waals surface area contributed by atoms with Crippen LogP contribution in [0.3, 0.4) is 0 Å². The van der Waals surface area contributed by atoms with Crippen LogP contribution in [0.2, 0.25) is 0 Å². The summed E-state index contributed by atoms with van der Waals surface area (Å²) in [6.07, 6.45) is 0. The summed E-state index contributed by atoms with van der Waals surface area (Å²) in [7, 11) is 0. The molecular formula is C11H11FN4O2S. The Hall–Kier alpha value is -2.22. The Balaban J connectivity index is 2.17. The maximum absolute atomic E-state index is 13.5. The molecule has 0 aliphatic carbocycles. The molecule has 0 radical (unpaired) electrons. The Morgan fingerprint density at radius 1 is 1.53 bits per heavy atom. The average molecular weight is 282 g/mol. The monoisotopic (exact) mass is 282 g/mol. The van der Waals surface area contributed by atoms with Crippen molar-refractivity contribution in [3.63, 3.8) is 0 Å². The van der Waals surface area contributed by atoms with Crippen molar-refractivity contribution >= 4 is 22.4 Å². The second-order valence-corrected chi connectivity index (χ2v) is 4.85. The van der Waals surface area contributed by atoms with E-state index in [9.17, 15) is 14.3 Å². The van der Waals surface area contributed by atoms with Crippen LogP contribution in [0.15, 0.2) is 18.2 Å². The number of carbonyl (C=O) groups excluding carboxylic acids is 1. The Bertz CT molecular complexity index is 596. The molecule has 0 fully saturated rings.